The van der Waals surface area contributed by atoms with E-state index in [4.69, 9.17) is 12.2 Å². The van der Waals surface area contributed by atoms with Gasteiger partial charge in [0, 0.05) is 6.92 Å². The largest absolute Gasteiger partial charge is 0.340 e. The van der Waals surface area contributed by atoms with E-state index >= 15 is 0 Å². The maximum atomic E-state index is 10.6. The number of carbonyl (C=O) groups excluding carboxylic acids is 1. The highest BCUT2D eigenvalue weighted by Gasteiger charge is 1.99. The lowest BCUT2D eigenvalue weighted by molar-refractivity contribution is -0.114. The number of nitrogens with one attached hydrogen (secondary N) is 3. The van der Waals surface area contributed by atoms with Crippen molar-refractivity contribution in [3.8, 4) is 0 Å². The van der Waals surface area contributed by atoms with Crippen LogP contribution in [0.1, 0.15) is 6.92 Å². The van der Waals surface area contributed by atoms with Crippen LogP contribution in [0.5, 0.6) is 0 Å². The molecule has 1 aromatic heterocycles. The standard InChI is InChI=1S/C5H6N4O2S/c1-2(10)6-3-4(12)7-5(11)9-8-3/h1H3,(H,6,8,10)(H2,7,9,11,12). The quantitative estimate of drug-likeness (QED) is 0.529. The van der Waals surface area contributed by atoms with E-state index < -0.39 is 5.69 Å². The minimum atomic E-state index is -0.505. The van der Waals surface area contributed by atoms with Gasteiger partial charge in [-0.25, -0.2) is 9.89 Å². The van der Waals surface area contributed by atoms with Crippen LogP contribution in [0, 0.1) is 4.64 Å². The zero-order valence-electron chi connectivity index (χ0n) is 6.17. The van der Waals surface area contributed by atoms with Crippen molar-refractivity contribution >= 4 is 23.9 Å². The summed E-state index contributed by atoms with van der Waals surface area (Å²) in [6.07, 6.45) is 0. The molecule has 0 unspecified atom stereocenters. The number of aromatic amines is 2. The van der Waals surface area contributed by atoms with Crippen LogP contribution in [0.15, 0.2) is 4.79 Å². The van der Waals surface area contributed by atoms with Crippen molar-refractivity contribution in [2.24, 2.45) is 0 Å². The van der Waals surface area contributed by atoms with Crippen molar-refractivity contribution in [1.29, 1.82) is 0 Å². The summed E-state index contributed by atoms with van der Waals surface area (Å²) in [4.78, 5) is 23.4. The number of nitrogens with zero attached hydrogens (tertiary/aromatic N) is 1. The molecule has 0 spiro atoms. The molecule has 1 rings (SSSR count). The van der Waals surface area contributed by atoms with E-state index in [-0.39, 0.29) is 16.4 Å². The van der Waals surface area contributed by atoms with Crippen molar-refractivity contribution in [3.05, 3.63) is 15.1 Å². The Labute approximate surface area is 72.0 Å². The number of aromatic nitrogens is 3. The summed E-state index contributed by atoms with van der Waals surface area (Å²) in [6, 6.07) is 0. The van der Waals surface area contributed by atoms with Crippen molar-refractivity contribution in [2.75, 3.05) is 5.32 Å². The molecule has 1 aromatic rings. The minimum absolute atomic E-state index is 0.106. The fraction of sp³-hybridized carbons (Fsp3) is 0.200. The molecule has 1 heterocycles. The molecule has 12 heavy (non-hydrogen) atoms. The predicted octanol–water partition coefficient (Wildman–Crippen LogP) is -0.214. The molecule has 7 heteroatoms. The van der Waals surface area contributed by atoms with Crippen LogP contribution in [0.25, 0.3) is 0 Å². The number of carbonyl (C=O) groups is 1. The Hall–Kier alpha value is -1.50. The molecule has 0 saturated carbocycles. The monoisotopic (exact) mass is 186 g/mol. The third-order valence-electron chi connectivity index (χ3n) is 1.01. The normalized spacial score (nSPS) is 9.42. The summed E-state index contributed by atoms with van der Waals surface area (Å²) in [7, 11) is 0. The molecule has 0 fully saturated rings. The highest BCUT2D eigenvalue weighted by atomic mass is 32.1. The molecular weight excluding hydrogens is 180 g/mol. The molecule has 1 amide bonds. The van der Waals surface area contributed by atoms with Crippen LogP contribution in [0.2, 0.25) is 0 Å². The molecule has 0 aromatic carbocycles. The Morgan fingerprint density at radius 3 is 2.83 bits per heavy atom. The number of amides is 1. The first-order chi connectivity index (χ1) is 5.59. The van der Waals surface area contributed by atoms with Gasteiger partial charge in [-0.1, -0.05) is 12.2 Å². The number of hydrogen-bond acceptors (Lipinski definition) is 4. The molecule has 6 nitrogen and oxygen atoms in total. The van der Waals surface area contributed by atoms with E-state index in [2.05, 4.69) is 20.5 Å². The molecule has 0 aliphatic rings. The molecule has 0 aliphatic heterocycles. The Morgan fingerprint density at radius 1 is 1.67 bits per heavy atom. The first-order valence-electron chi connectivity index (χ1n) is 3.06. The van der Waals surface area contributed by atoms with Gasteiger partial charge < -0.3 is 5.32 Å². The van der Waals surface area contributed by atoms with Crippen LogP contribution >= 0.6 is 12.2 Å². The van der Waals surface area contributed by atoms with E-state index in [0.29, 0.717) is 0 Å². The maximum Gasteiger partial charge on any atom is 0.340 e. The summed E-state index contributed by atoms with van der Waals surface area (Å²) in [5.74, 6) is -0.147. The lowest BCUT2D eigenvalue weighted by Crippen LogP contribution is -2.16. The molecule has 64 valence electrons. The van der Waals surface area contributed by atoms with Gasteiger partial charge in [-0.3, -0.25) is 9.78 Å². The molecule has 0 atom stereocenters. The highest BCUT2D eigenvalue weighted by Crippen LogP contribution is 1.97. The predicted molar refractivity (Wildman–Crippen MR) is 44.3 cm³/mol. The van der Waals surface area contributed by atoms with Gasteiger partial charge >= 0.3 is 5.69 Å². The molecular formula is C5H6N4O2S. The first kappa shape index (κ1) is 8.60. The summed E-state index contributed by atoms with van der Waals surface area (Å²) in [5.41, 5.74) is -0.505. The molecule has 0 bridgehead atoms. The number of H-pyrrole nitrogens is 2. The van der Waals surface area contributed by atoms with Gasteiger partial charge in [-0.2, -0.15) is 5.10 Å². The average molecular weight is 186 g/mol. The van der Waals surface area contributed by atoms with Crippen LogP contribution in [0.3, 0.4) is 0 Å². The van der Waals surface area contributed by atoms with Gasteiger partial charge in [0.2, 0.25) is 5.91 Å². The van der Waals surface area contributed by atoms with Crippen molar-refractivity contribution in [3.63, 3.8) is 0 Å². The van der Waals surface area contributed by atoms with E-state index in [0.717, 1.165) is 0 Å². The van der Waals surface area contributed by atoms with E-state index in [1.54, 1.807) is 0 Å². The second-order valence-corrected chi connectivity index (χ2v) is 2.44. The van der Waals surface area contributed by atoms with E-state index in [1.807, 2.05) is 0 Å². The summed E-state index contributed by atoms with van der Waals surface area (Å²) < 4.78 is 0.106. The summed E-state index contributed by atoms with van der Waals surface area (Å²) in [5, 5.41) is 7.96. The zero-order valence-corrected chi connectivity index (χ0v) is 6.99. The van der Waals surface area contributed by atoms with Gasteiger partial charge in [0.05, 0.1) is 0 Å². The topological polar surface area (TPSA) is 90.6 Å². The minimum Gasteiger partial charge on any atom is -0.307 e. The number of anilines is 1. The summed E-state index contributed by atoms with van der Waals surface area (Å²) in [6.45, 7) is 1.32. The van der Waals surface area contributed by atoms with Gasteiger partial charge in [-0.05, 0) is 0 Å². The fourth-order valence-corrected chi connectivity index (χ4v) is 0.789. The maximum absolute atomic E-state index is 10.6. The zero-order chi connectivity index (χ0) is 9.14. The fourth-order valence-electron chi connectivity index (χ4n) is 0.599. The molecule has 0 aliphatic carbocycles. The smallest absolute Gasteiger partial charge is 0.307 e. The van der Waals surface area contributed by atoms with Gasteiger partial charge in [-0.15, -0.1) is 0 Å². The second kappa shape index (κ2) is 3.26. The van der Waals surface area contributed by atoms with Crippen molar-refractivity contribution in [2.45, 2.75) is 6.92 Å². The van der Waals surface area contributed by atoms with Crippen LogP contribution in [-0.2, 0) is 4.79 Å². The van der Waals surface area contributed by atoms with Gasteiger partial charge in [0.1, 0.15) is 0 Å². The Balaban J connectivity index is 3.10. The number of hydrogen-bond donors (Lipinski definition) is 3. The number of rotatable bonds is 1. The Kier molecular flexibility index (Phi) is 2.34. The Morgan fingerprint density at radius 2 is 2.33 bits per heavy atom. The van der Waals surface area contributed by atoms with Crippen molar-refractivity contribution in [1.82, 2.24) is 15.2 Å². The molecule has 0 radical (unpaired) electrons. The van der Waals surface area contributed by atoms with Crippen LogP contribution in [0.4, 0.5) is 5.82 Å². The SMILES string of the molecule is CC(=O)Nc1n[nH]c(=O)[nH]c1=S. The lowest BCUT2D eigenvalue weighted by Gasteiger charge is -1.97. The van der Waals surface area contributed by atoms with Crippen molar-refractivity contribution < 1.29 is 4.79 Å². The van der Waals surface area contributed by atoms with Gasteiger partial charge in [0.15, 0.2) is 10.5 Å². The van der Waals surface area contributed by atoms with E-state index in [9.17, 15) is 9.59 Å². The lowest BCUT2D eigenvalue weighted by atomic mass is 10.6. The van der Waals surface area contributed by atoms with Gasteiger partial charge in [0.25, 0.3) is 0 Å². The first-order valence-corrected chi connectivity index (χ1v) is 3.47. The second-order valence-electron chi connectivity index (χ2n) is 2.04. The third kappa shape index (κ3) is 1.99. The molecule has 3 N–H and O–H groups in total. The Bertz CT molecular complexity index is 406. The third-order valence-corrected chi connectivity index (χ3v) is 1.30. The average Bonchev–Trinajstić information content (AvgIpc) is 1.94. The highest BCUT2D eigenvalue weighted by molar-refractivity contribution is 7.71. The molecule has 0 saturated heterocycles. The summed E-state index contributed by atoms with van der Waals surface area (Å²) >= 11 is 4.71. The van der Waals surface area contributed by atoms with Crippen LogP contribution in [-0.4, -0.2) is 21.1 Å². The van der Waals surface area contributed by atoms with Crippen LogP contribution < -0.4 is 11.0 Å². The van der Waals surface area contributed by atoms with E-state index in [1.165, 1.54) is 6.92 Å².